The number of hydrogen-bond donors (Lipinski definition) is 1. The summed E-state index contributed by atoms with van der Waals surface area (Å²) in [7, 11) is 0. The van der Waals surface area contributed by atoms with Crippen LogP contribution in [0.3, 0.4) is 0 Å². The van der Waals surface area contributed by atoms with Crippen LogP contribution in [0.15, 0.2) is 42.5 Å². The number of hydrogen-bond acceptors (Lipinski definition) is 2. The zero-order valence-electron chi connectivity index (χ0n) is 14.5. The molecular weight excluding hydrogens is 298 g/mol. The largest absolute Gasteiger partial charge is 0.481 e. The van der Waals surface area contributed by atoms with Crippen molar-refractivity contribution in [3.63, 3.8) is 0 Å². The van der Waals surface area contributed by atoms with Crippen LogP contribution in [0, 0.1) is 6.92 Å². The lowest BCUT2D eigenvalue weighted by molar-refractivity contribution is -0.127. The molecule has 0 aromatic heterocycles. The van der Waals surface area contributed by atoms with E-state index in [1.54, 1.807) is 6.92 Å². The number of nitrogens with one attached hydrogen (secondary N) is 1. The minimum absolute atomic E-state index is 0.0887. The van der Waals surface area contributed by atoms with Crippen LogP contribution in [0.25, 0.3) is 0 Å². The zero-order chi connectivity index (χ0) is 16.9. The van der Waals surface area contributed by atoms with Gasteiger partial charge in [0, 0.05) is 6.54 Å². The van der Waals surface area contributed by atoms with Crippen LogP contribution in [-0.4, -0.2) is 12.0 Å². The summed E-state index contributed by atoms with van der Waals surface area (Å²) in [5.41, 5.74) is 5.08. The maximum atomic E-state index is 12.3. The molecule has 0 radical (unpaired) electrons. The monoisotopic (exact) mass is 323 g/mol. The molecule has 1 N–H and O–H groups in total. The number of amides is 1. The van der Waals surface area contributed by atoms with E-state index >= 15 is 0 Å². The maximum Gasteiger partial charge on any atom is 0.261 e. The predicted octanol–water partition coefficient (Wildman–Crippen LogP) is 3.96. The van der Waals surface area contributed by atoms with Gasteiger partial charge in [-0.2, -0.15) is 0 Å². The molecule has 0 heterocycles. The molecule has 0 saturated heterocycles. The van der Waals surface area contributed by atoms with Crippen molar-refractivity contribution in [3.05, 3.63) is 64.7 Å². The Bertz CT molecular complexity index is 724. The van der Waals surface area contributed by atoms with E-state index in [1.807, 2.05) is 31.2 Å². The fourth-order valence-electron chi connectivity index (χ4n) is 3.20. The SMILES string of the molecule is Cc1cccc(CNC(=O)[C@H](C)Oc2ccc3c(c2)CCCC3)c1. The van der Waals surface area contributed by atoms with Crippen LogP contribution >= 0.6 is 0 Å². The molecule has 0 fully saturated rings. The van der Waals surface area contributed by atoms with Gasteiger partial charge in [0.15, 0.2) is 6.10 Å². The molecule has 3 rings (SSSR count). The highest BCUT2D eigenvalue weighted by molar-refractivity contribution is 5.80. The number of ether oxygens (including phenoxy) is 1. The van der Waals surface area contributed by atoms with E-state index in [2.05, 4.69) is 23.5 Å². The van der Waals surface area contributed by atoms with Gasteiger partial charge in [0.1, 0.15) is 5.75 Å². The van der Waals surface area contributed by atoms with Gasteiger partial charge >= 0.3 is 0 Å². The van der Waals surface area contributed by atoms with E-state index in [4.69, 9.17) is 4.74 Å². The first-order valence-electron chi connectivity index (χ1n) is 8.73. The number of carbonyl (C=O) groups is 1. The van der Waals surface area contributed by atoms with E-state index < -0.39 is 6.10 Å². The summed E-state index contributed by atoms with van der Waals surface area (Å²) in [4.78, 5) is 12.3. The summed E-state index contributed by atoms with van der Waals surface area (Å²) in [6.45, 7) is 4.37. The summed E-state index contributed by atoms with van der Waals surface area (Å²) in [6.07, 6.45) is 4.27. The average molecular weight is 323 g/mol. The van der Waals surface area contributed by atoms with Gasteiger partial charge in [-0.05, 0) is 68.4 Å². The summed E-state index contributed by atoms with van der Waals surface area (Å²) >= 11 is 0. The summed E-state index contributed by atoms with van der Waals surface area (Å²) in [5, 5.41) is 2.94. The fraction of sp³-hybridized carbons (Fsp3) is 0.381. The van der Waals surface area contributed by atoms with Crippen LogP contribution in [0.4, 0.5) is 0 Å². The molecule has 1 amide bonds. The lowest BCUT2D eigenvalue weighted by Crippen LogP contribution is -2.35. The Morgan fingerprint density at radius 2 is 1.92 bits per heavy atom. The minimum Gasteiger partial charge on any atom is -0.481 e. The lowest BCUT2D eigenvalue weighted by atomic mass is 9.92. The summed E-state index contributed by atoms with van der Waals surface area (Å²) in [5.74, 6) is 0.697. The van der Waals surface area contributed by atoms with Crippen LogP contribution in [-0.2, 0) is 24.2 Å². The van der Waals surface area contributed by atoms with E-state index in [0.29, 0.717) is 6.54 Å². The molecule has 3 nitrogen and oxygen atoms in total. The second-order valence-corrected chi connectivity index (χ2v) is 6.60. The standard InChI is InChI=1S/C21H25NO2/c1-15-6-5-7-17(12-15)14-22-21(23)16(2)24-20-11-10-18-8-3-4-9-19(18)13-20/h5-7,10-13,16H,3-4,8-9,14H2,1-2H3,(H,22,23)/t16-/m0/s1. The molecule has 0 unspecified atom stereocenters. The second-order valence-electron chi connectivity index (χ2n) is 6.60. The molecule has 0 bridgehead atoms. The van der Waals surface area contributed by atoms with Crippen molar-refractivity contribution in [1.29, 1.82) is 0 Å². The molecule has 0 aliphatic heterocycles. The number of fused-ring (bicyclic) bond motifs is 1. The first kappa shape index (κ1) is 16.6. The molecule has 0 saturated carbocycles. The molecular formula is C21H25NO2. The molecule has 0 spiro atoms. The second kappa shape index (κ2) is 7.52. The number of aryl methyl sites for hydroxylation is 3. The van der Waals surface area contributed by atoms with Gasteiger partial charge in [-0.1, -0.05) is 35.9 Å². The van der Waals surface area contributed by atoms with E-state index in [0.717, 1.165) is 24.2 Å². The topological polar surface area (TPSA) is 38.3 Å². The normalized spacial score (nSPS) is 14.6. The number of rotatable bonds is 5. The van der Waals surface area contributed by atoms with Gasteiger partial charge < -0.3 is 10.1 Å². The van der Waals surface area contributed by atoms with Crippen molar-refractivity contribution in [2.24, 2.45) is 0 Å². The van der Waals surface area contributed by atoms with Gasteiger partial charge in [-0.25, -0.2) is 0 Å². The highest BCUT2D eigenvalue weighted by Crippen LogP contribution is 2.25. The molecule has 126 valence electrons. The van der Waals surface area contributed by atoms with E-state index in [-0.39, 0.29) is 5.91 Å². The maximum absolute atomic E-state index is 12.3. The molecule has 24 heavy (non-hydrogen) atoms. The average Bonchev–Trinajstić information content (AvgIpc) is 2.59. The van der Waals surface area contributed by atoms with Crippen LogP contribution in [0.5, 0.6) is 5.75 Å². The summed E-state index contributed by atoms with van der Waals surface area (Å²) in [6, 6.07) is 14.4. The number of carbonyl (C=O) groups excluding carboxylic acids is 1. The van der Waals surface area contributed by atoms with E-state index in [1.165, 1.54) is 29.5 Å². The molecule has 1 atom stereocenters. The van der Waals surface area contributed by atoms with Crippen LogP contribution < -0.4 is 10.1 Å². The highest BCUT2D eigenvalue weighted by Gasteiger charge is 2.16. The highest BCUT2D eigenvalue weighted by atomic mass is 16.5. The van der Waals surface area contributed by atoms with Crippen molar-refractivity contribution in [2.75, 3.05) is 0 Å². The fourth-order valence-corrected chi connectivity index (χ4v) is 3.20. The number of benzene rings is 2. The Morgan fingerprint density at radius 3 is 2.71 bits per heavy atom. The third-order valence-corrected chi connectivity index (χ3v) is 4.55. The Morgan fingerprint density at radius 1 is 1.12 bits per heavy atom. The smallest absolute Gasteiger partial charge is 0.261 e. The van der Waals surface area contributed by atoms with Gasteiger partial charge in [0.05, 0.1) is 0 Å². The Labute approximate surface area is 144 Å². The first-order chi connectivity index (χ1) is 11.6. The third kappa shape index (κ3) is 4.16. The van der Waals surface area contributed by atoms with E-state index in [9.17, 15) is 4.79 Å². The summed E-state index contributed by atoms with van der Waals surface area (Å²) < 4.78 is 5.84. The van der Waals surface area contributed by atoms with Crippen molar-refractivity contribution in [1.82, 2.24) is 5.32 Å². The van der Waals surface area contributed by atoms with Gasteiger partial charge in [0.25, 0.3) is 5.91 Å². The molecule has 2 aromatic rings. The van der Waals surface area contributed by atoms with Crippen LogP contribution in [0.1, 0.15) is 42.0 Å². The van der Waals surface area contributed by atoms with Crippen molar-refractivity contribution < 1.29 is 9.53 Å². The van der Waals surface area contributed by atoms with Gasteiger partial charge in [-0.15, -0.1) is 0 Å². The van der Waals surface area contributed by atoms with Crippen LogP contribution in [0.2, 0.25) is 0 Å². The first-order valence-corrected chi connectivity index (χ1v) is 8.73. The van der Waals surface area contributed by atoms with Gasteiger partial charge in [0.2, 0.25) is 0 Å². The van der Waals surface area contributed by atoms with Crippen molar-refractivity contribution in [2.45, 2.75) is 52.2 Å². The molecule has 3 heteroatoms. The molecule has 1 aliphatic carbocycles. The van der Waals surface area contributed by atoms with Crippen molar-refractivity contribution in [3.8, 4) is 5.75 Å². The third-order valence-electron chi connectivity index (χ3n) is 4.55. The molecule has 1 aliphatic rings. The Hall–Kier alpha value is -2.29. The quantitative estimate of drug-likeness (QED) is 0.904. The molecule has 2 aromatic carbocycles. The van der Waals surface area contributed by atoms with Crippen molar-refractivity contribution >= 4 is 5.91 Å². The van der Waals surface area contributed by atoms with Gasteiger partial charge in [-0.3, -0.25) is 4.79 Å². The minimum atomic E-state index is -0.503. The lowest BCUT2D eigenvalue weighted by Gasteiger charge is -2.19. The zero-order valence-corrected chi connectivity index (χ0v) is 14.5. The Balaban J connectivity index is 1.56. The Kier molecular flexibility index (Phi) is 5.19. The predicted molar refractivity (Wildman–Crippen MR) is 96.2 cm³/mol.